The molecule has 0 aliphatic carbocycles. The molecule has 0 bridgehead atoms. The van der Waals surface area contributed by atoms with Crippen molar-refractivity contribution < 1.29 is 9.26 Å². The van der Waals surface area contributed by atoms with E-state index >= 15 is 0 Å². The number of hydrogen-bond acceptors (Lipinski definition) is 4. The van der Waals surface area contributed by atoms with Gasteiger partial charge in [-0.15, -0.1) is 0 Å². The molecule has 0 amide bonds. The van der Waals surface area contributed by atoms with Crippen molar-refractivity contribution in [3.05, 3.63) is 69.7 Å². The summed E-state index contributed by atoms with van der Waals surface area (Å²) in [5.41, 5.74) is 3.88. The number of ether oxygens (including phenoxy) is 1. The van der Waals surface area contributed by atoms with E-state index in [0.717, 1.165) is 33.9 Å². The quantitative estimate of drug-likeness (QED) is 0.392. The highest BCUT2D eigenvalue weighted by Crippen LogP contribution is 2.26. The van der Waals surface area contributed by atoms with Crippen molar-refractivity contribution in [1.29, 1.82) is 0 Å². The topological polar surface area (TPSA) is 53.1 Å². The van der Waals surface area contributed by atoms with Crippen molar-refractivity contribution in [2.45, 2.75) is 19.6 Å². The van der Waals surface area contributed by atoms with Crippen LogP contribution in [0.5, 0.6) is 0 Å². The number of halogens is 1. The average Bonchev–Trinajstić information content (AvgIpc) is 3.27. The third-order valence-electron chi connectivity index (χ3n) is 4.41. The van der Waals surface area contributed by atoms with Crippen molar-refractivity contribution in [2.75, 3.05) is 7.11 Å². The fourth-order valence-corrected chi connectivity index (χ4v) is 3.33. The zero-order valence-electron chi connectivity index (χ0n) is 14.5. The van der Waals surface area contributed by atoms with Crippen LogP contribution in [0.25, 0.3) is 22.4 Å². The molecule has 26 heavy (non-hydrogen) atoms. The normalized spacial score (nSPS) is 12.6. The number of hydrogen-bond donors (Lipinski definition) is 0. The monoisotopic (exact) mass is 459 g/mol. The van der Waals surface area contributed by atoms with Crippen LogP contribution < -0.4 is 0 Å². The Labute approximate surface area is 165 Å². The zero-order chi connectivity index (χ0) is 18.1. The number of benzene rings is 2. The molecule has 1 atom stereocenters. The predicted molar refractivity (Wildman–Crippen MR) is 109 cm³/mol. The lowest BCUT2D eigenvalue weighted by Gasteiger charge is -2.12. The summed E-state index contributed by atoms with van der Waals surface area (Å²) in [6.07, 6.45) is -0.107. The Morgan fingerprint density at radius 1 is 1.15 bits per heavy atom. The van der Waals surface area contributed by atoms with Crippen LogP contribution in [0.3, 0.4) is 0 Å². The molecule has 4 rings (SSSR count). The maximum Gasteiger partial charge on any atom is 0.167 e. The van der Waals surface area contributed by atoms with Crippen LogP contribution in [0.2, 0.25) is 0 Å². The number of para-hydroxylation sites is 2. The smallest absolute Gasteiger partial charge is 0.167 e. The molecule has 4 aromatic rings. The molecule has 0 N–H and O–H groups in total. The Hall–Kier alpha value is -2.19. The number of methoxy groups -OCH3 is 1. The molecule has 6 heteroatoms. The average molecular weight is 459 g/mol. The number of fused-ring (bicyclic) bond motifs is 1. The summed E-state index contributed by atoms with van der Waals surface area (Å²) in [6.45, 7) is 2.58. The molecular formula is C20H18IN3O2. The first-order valence-corrected chi connectivity index (χ1v) is 9.43. The van der Waals surface area contributed by atoms with Gasteiger partial charge in [0.15, 0.2) is 5.76 Å². The molecule has 5 nitrogen and oxygen atoms in total. The van der Waals surface area contributed by atoms with Gasteiger partial charge in [-0.1, -0.05) is 29.4 Å². The van der Waals surface area contributed by atoms with Gasteiger partial charge in [0.25, 0.3) is 0 Å². The maximum absolute atomic E-state index is 5.56. The molecule has 2 aromatic carbocycles. The first-order valence-electron chi connectivity index (χ1n) is 8.35. The van der Waals surface area contributed by atoms with Crippen LogP contribution in [-0.4, -0.2) is 21.8 Å². The lowest BCUT2D eigenvalue weighted by molar-refractivity contribution is 0.109. The first kappa shape index (κ1) is 17.2. The van der Waals surface area contributed by atoms with Gasteiger partial charge in [0, 0.05) is 22.3 Å². The van der Waals surface area contributed by atoms with Crippen LogP contribution >= 0.6 is 22.6 Å². The molecule has 0 saturated heterocycles. The van der Waals surface area contributed by atoms with Gasteiger partial charge in [-0.05, 0) is 53.8 Å². The fraction of sp³-hybridized carbons (Fsp3) is 0.200. The van der Waals surface area contributed by atoms with Crippen molar-refractivity contribution in [1.82, 2.24) is 14.7 Å². The molecule has 2 heterocycles. The Bertz CT molecular complexity index is 1040. The van der Waals surface area contributed by atoms with E-state index in [1.165, 1.54) is 3.57 Å². The molecule has 132 valence electrons. The molecule has 0 aliphatic rings. The molecule has 0 saturated carbocycles. The van der Waals surface area contributed by atoms with Gasteiger partial charge in [0.1, 0.15) is 17.6 Å². The van der Waals surface area contributed by atoms with E-state index < -0.39 is 0 Å². The lowest BCUT2D eigenvalue weighted by atomic mass is 10.1. The van der Waals surface area contributed by atoms with Crippen molar-refractivity contribution >= 4 is 33.6 Å². The predicted octanol–water partition coefficient (Wildman–Crippen LogP) is 5.05. The Morgan fingerprint density at radius 3 is 2.69 bits per heavy atom. The van der Waals surface area contributed by atoms with Gasteiger partial charge >= 0.3 is 0 Å². The molecule has 0 aliphatic heterocycles. The minimum atomic E-state index is -0.107. The van der Waals surface area contributed by atoms with Gasteiger partial charge < -0.3 is 13.8 Å². The second-order valence-electron chi connectivity index (χ2n) is 6.11. The van der Waals surface area contributed by atoms with Crippen LogP contribution in [0, 0.1) is 3.57 Å². The minimum absolute atomic E-state index is 0.107. The summed E-state index contributed by atoms with van der Waals surface area (Å²) >= 11 is 2.29. The zero-order valence-corrected chi connectivity index (χ0v) is 16.7. The fourth-order valence-electron chi connectivity index (χ4n) is 2.97. The van der Waals surface area contributed by atoms with Crippen molar-refractivity contribution in [3.8, 4) is 11.3 Å². The largest absolute Gasteiger partial charge is 0.374 e. The minimum Gasteiger partial charge on any atom is -0.374 e. The molecule has 0 spiro atoms. The van der Waals surface area contributed by atoms with E-state index in [0.29, 0.717) is 6.54 Å². The highest BCUT2D eigenvalue weighted by molar-refractivity contribution is 14.1. The lowest BCUT2D eigenvalue weighted by Crippen LogP contribution is -2.09. The Balaban J connectivity index is 1.70. The van der Waals surface area contributed by atoms with Crippen LogP contribution in [0.4, 0.5) is 0 Å². The SMILES string of the molecule is CO[C@@H](C)c1nc2ccccc2n1Cc1cc(-c2ccc(I)cc2)on1. The number of nitrogens with zero attached hydrogens (tertiary/aromatic N) is 3. The van der Waals surface area contributed by atoms with E-state index in [1.54, 1.807) is 7.11 Å². The third kappa shape index (κ3) is 3.26. The molecular weight excluding hydrogens is 441 g/mol. The first-order chi connectivity index (χ1) is 12.7. The highest BCUT2D eigenvalue weighted by Gasteiger charge is 2.18. The van der Waals surface area contributed by atoms with E-state index in [9.17, 15) is 0 Å². The Kier molecular flexibility index (Phi) is 4.78. The summed E-state index contributed by atoms with van der Waals surface area (Å²) in [6, 6.07) is 18.3. The second-order valence-corrected chi connectivity index (χ2v) is 7.36. The van der Waals surface area contributed by atoms with E-state index in [4.69, 9.17) is 14.2 Å². The van der Waals surface area contributed by atoms with Gasteiger partial charge in [-0.2, -0.15) is 0 Å². The van der Waals surface area contributed by atoms with E-state index in [-0.39, 0.29) is 6.10 Å². The molecule has 0 unspecified atom stereocenters. The summed E-state index contributed by atoms with van der Waals surface area (Å²) < 4.78 is 14.4. The van der Waals surface area contributed by atoms with Gasteiger partial charge in [-0.25, -0.2) is 4.98 Å². The van der Waals surface area contributed by atoms with E-state index in [2.05, 4.69) is 50.5 Å². The summed E-state index contributed by atoms with van der Waals surface area (Å²) in [5, 5.41) is 4.26. The maximum atomic E-state index is 5.56. The number of rotatable bonds is 5. The second kappa shape index (κ2) is 7.20. The van der Waals surface area contributed by atoms with Crippen LogP contribution in [0.15, 0.2) is 59.1 Å². The van der Waals surface area contributed by atoms with Crippen LogP contribution in [0.1, 0.15) is 24.5 Å². The van der Waals surface area contributed by atoms with Crippen molar-refractivity contribution in [2.24, 2.45) is 0 Å². The standard InChI is InChI=1S/C20H18IN3O2/c1-13(25-2)20-22-17-5-3-4-6-18(17)24(20)12-16-11-19(26-23-16)14-7-9-15(21)10-8-14/h3-11,13H,12H2,1-2H3/t13-/m0/s1. The van der Waals surface area contributed by atoms with Gasteiger partial charge in [0.05, 0.1) is 17.6 Å². The number of imidazole rings is 1. The van der Waals surface area contributed by atoms with Crippen molar-refractivity contribution in [3.63, 3.8) is 0 Å². The summed E-state index contributed by atoms with van der Waals surface area (Å²) in [4.78, 5) is 4.73. The van der Waals surface area contributed by atoms with E-state index in [1.807, 2.05) is 43.3 Å². The van der Waals surface area contributed by atoms with Crippen LogP contribution in [-0.2, 0) is 11.3 Å². The number of aromatic nitrogens is 3. The van der Waals surface area contributed by atoms with Gasteiger partial charge in [0.2, 0.25) is 0 Å². The molecule has 2 aromatic heterocycles. The highest BCUT2D eigenvalue weighted by atomic mass is 127. The van der Waals surface area contributed by atoms with Gasteiger partial charge in [-0.3, -0.25) is 0 Å². The molecule has 0 fully saturated rings. The Morgan fingerprint density at radius 2 is 1.92 bits per heavy atom. The molecule has 0 radical (unpaired) electrons. The summed E-state index contributed by atoms with van der Waals surface area (Å²) in [5.74, 6) is 1.65. The summed E-state index contributed by atoms with van der Waals surface area (Å²) in [7, 11) is 1.69. The third-order valence-corrected chi connectivity index (χ3v) is 5.13.